The molecule has 1 aliphatic rings. The third-order valence-corrected chi connectivity index (χ3v) is 13.0. The van der Waals surface area contributed by atoms with Crippen molar-refractivity contribution in [2.45, 2.75) is 6.92 Å². The minimum atomic E-state index is -3.36. The van der Waals surface area contributed by atoms with E-state index in [1.165, 1.54) is 0 Å². The lowest BCUT2D eigenvalue weighted by atomic mass is 10.0. The number of nitrogens with zero attached hydrogens (tertiary/aromatic N) is 4. The number of hydrogen-bond donors (Lipinski definition) is 0. The fourth-order valence-electron chi connectivity index (χ4n) is 7.44. The largest absolute Gasteiger partial charge is 0.309 e. The Morgan fingerprint density at radius 2 is 1.15 bits per heavy atom. The first-order valence-electron chi connectivity index (χ1n) is 17.3. The molecule has 0 amide bonds. The van der Waals surface area contributed by atoms with Crippen LogP contribution in [0.4, 0.5) is 0 Å². The standard InChI is InChI=1S/C46H33N4OP/c1-3-16-40-36(4-2)38-29-30-39-37-23-14-15-24-41(37)52(51,35-21-12-7-13-22-35)43(39)42(38)50(40)46-48-44(33-19-10-6-11-20-33)47-45(49-46)34-27-25-32(26-28-34)31-17-8-5-9-18-31/h3-30H,2H2,1H3/b16-3-. The fourth-order valence-corrected chi connectivity index (χ4v) is 10.7. The second kappa shape index (κ2) is 12.7. The van der Waals surface area contributed by atoms with E-state index in [4.69, 9.17) is 15.0 Å². The Morgan fingerprint density at radius 1 is 0.596 bits per heavy atom. The summed E-state index contributed by atoms with van der Waals surface area (Å²) in [6, 6.07) is 50.8. The molecule has 52 heavy (non-hydrogen) atoms. The van der Waals surface area contributed by atoms with Crippen molar-refractivity contribution in [1.29, 1.82) is 0 Å². The molecule has 1 atom stereocenters. The molecule has 0 bridgehead atoms. The van der Waals surface area contributed by atoms with Crippen LogP contribution < -0.4 is 15.9 Å². The molecule has 5 nitrogen and oxygen atoms in total. The van der Waals surface area contributed by atoms with E-state index in [9.17, 15) is 0 Å². The maximum atomic E-state index is 16.0. The molecule has 1 aliphatic heterocycles. The van der Waals surface area contributed by atoms with E-state index in [1.54, 1.807) is 0 Å². The number of benzene rings is 6. The van der Waals surface area contributed by atoms with E-state index in [0.29, 0.717) is 17.6 Å². The summed E-state index contributed by atoms with van der Waals surface area (Å²) in [6.07, 6.45) is 5.93. The Balaban J connectivity index is 1.37. The Hall–Kier alpha value is -6.42. The van der Waals surface area contributed by atoms with Gasteiger partial charge in [-0.15, -0.1) is 0 Å². The van der Waals surface area contributed by atoms with Crippen LogP contribution in [0.25, 0.3) is 74.0 Å². The second-order valence-electron chi connectivity index (χ2n) is 12.8. The van der Waals surface area contributed by atoms with Gasteiger partial charge in [0.25, 0.3) is 0 Å². The van der Waals surface area contributed by atoms with Gasteiger partial charge in [-0.2, -0.15) is 9.97 Å². The summed E-state index contributed by atoms with van der Waals surface area (Å²) >= 11 is 0. The van der Waals surface area contributed by atoms with E-state index in [0.717, 1.165) is 71.5 Å². The highest BCUT2D eigenvalue weighted by molar-refractivity contribution is 7.86. The van der Waals surface area contributed by atoms with Crippen LogP contribution in [0.15, 0.2) is 164 Å². The molecule has 6 aromatic carbocycles. The molecule has 0 N–H and O–H groups in total. The van der Waals surface area contributed by atoms with Crippen LogP contribution >= 0.6 is 7.14 Å². The van der Waals surface area contributed by atoms with Crippen LogP contribution in [-0.2, 0) is 4.57 Å². The van der Waals surface area contributed by atoms with Crippen molar-refractivity contribution in [1.82, 2.24) is 19.5 Å². The van der Waals surface area contributed by atoms with Gasteiger partial charge in [0.1, 0.15) is 0 Å². The van der Waals surface area contributed by atoms with Crippen LogP contribution in [0.2, 0.25) is 0 Å². The predicted octanol–water partition coefficient (Wildman–Crippen LogP) is 10.1. The Labute approximate surface area is 302 Å². The minimum Gasteiger partial charge on any atom is -0.309 e. The Morgan fingerprint density at radius 3 is 1.81 bits per heavy atom. The van der Waals surface area contributed by atoms with E-state index in [1.807, 2.05) is 116 Å². The zero-order valence-electron chi connectivity index (χ0n) is 28.5. The topological polar surface area (TPSA) is 60.7 Å². The summed E-state index contributed by atoms with van der Waals surface area (Å²) in [5.41, 5.74) is 8.48. The Kier molecular flexibility index (Phi) is 7.72. The van der Waals surface area contributed by atoms with Gasteiger partial charge in [0.05, 0.1) is 16.5 Å². The van der Waals surface area contributed by atoms with Crippen molar-refractivity contribution < 1.29 is 4.57 Å². The summed E-state index contributed by atoms with van der Waals surface area (Å²) in [7, 11) is -3.36. The number of fused-ring (bicyclic) bond motifs is 5. The van der Waals surface area contributed by atoms with E-state index < -0.39 is 7.14 Å². The average Bonchev–Trinajstić information content (AvgIpc) is 3.68. The molecule has 3 heterocycles. The SMILES string of the molecule is C=Cc1c(/C=C\C)n(-c2nc(-c3ccccc3)nc(-c3ccc(-c4ccccc4)cc3)n2)c2c3c(ccc12)-c1ccccc1P3(=O)c1ccccc1. The monoisotopic (exact) mass is 688 g/mol. The first kappa shape index (κ1) is 31.6. The maximum Gasteiger partial charge on any atom is 0.238 e. The second-order valence-corrected chi connectivity index (χ2v) is 15.4. The highest BCUT2D eigenvalue weighted by Gasteiger charge is 2.43. The quantitative estimate of drug-likeness (QED) is 0.156. The smallest absolute Gasteiger partial charge is 0.238 e. The van der Waals surface area contributed by atoms with Crippen molar-refractivity contribution >= 4 is 46.1 Å². The molecule has 0 saturated heterocycles. The van der Waals surface area contributed by atoms with E-state index in [-0.39, 0.29) is 0 Å². The summed E-state index contributed by atoms with van der Waals surface area (Å²) in [4.78, 5) is 15.4. The van der Waals surface area contributed by atoms with Gasteiger partial charge in [0.15, 0.2) is 18.8 Å². The number of hydrogen-bond acceptors (Lipinski definition) is 4. The normalized spacial score (nSPS) is 14.8. The van der Waals surface area contributed by atoms with Gasteiger partial charge >= 0.3 is 0 Å². The van der Waals surface area contributed by atoms with Gasteiger partial charge in [0, 0.05) is 32.7 Å². The van der Waals surface area contributed by atoms with Gasteiger partial charge in [-0.25, -0.2) is 4.98 Å². The predicted molar refractivity (Wildman–Crippen MR) is 216 cm³/mol. The zero-order valence-corrected chi connectivity index (χ0v) is 29.4. The van der Waals surface area contributed by atoms with Crippen molar-refractivity contribution in [3.8, 4) is 51.0 Å². The van der Waals surface area contributed by atoms with Crippen LogP contribution in [0.5, 0.6) is 0 Å². The summed E-state index contributed by atoms with van der Waals surface area (Å²) in [6.45, 7) is 6.25. The maximum absolute atomic E-state index is 16.0. The van der Waals surface area contributed by atoms with Gasteiger partial charge in [0.2, 0.25) is 5.95 Å². The minimum absolute atomic E-state index is 0.436. The van der Waals surface area contributed by atoms with Crippen molar-refractivity contribution in [2.75, 3.05) is 0 Å². The van der Waals surface area contributed by atoms with Gasteiger partial charge in [-0.3, -0.25) is 4.57 Å². The highest BCUT2D eigenvalue weighted by atomic mass is 31.2. The van der Waals surface area contributed by atoms with Crippen LogP contribution in [0.3, 0.4) is 0 Å². The molecule has 2 aromatic heterocycles. The summed E-state index contributed by atoms with van der Waals surface area (Å²) < 4.78 is 18.1. The fraction of sp³-hybridized carbons (Fsp3) is 0.0217. The van der Waals surface area contributed by atoms with Crippen molar-refractivity contribution in [3.05, 3.63) is 176 Å². The van der Waals surface area contributed by atoms with Crippen molar-refractivity contribution in [3.63, 3.8) is 0 Å². The molecule has 248 valence electrons. The molecule has 8 aromatic rings. The van der Waals surface area contributed by atoms with Gasteiger partial charge in [-0.1, -0.05) is 170 Å². The first-order chi connectivity index (χ1) is 25.6. The lowest BCUT2D eigenvalue weighted by Crippen LogP contribution is -2.22. The van der Waals surface area contributed by atoms with Crippen LogP contribution in [0.1, 0.15) is 18.2 Å². The average molecular weight is 689 g/mol. The van der Waals surface area contributed by atoms with Gasteiger partial charge < -0.3 is 4.57 Å². The molecule has 9 rings (SSSR count). The molecule has 0 radical (unpaired) electrons. The zero-order chi connectivity index (χ0) is 35.2. The van der Waals surface area contributed by atoms with Gasteiger partial charge in [-0.05, 0) is 35.3 Å². The Bertz CT molecular complexity index is 2720. The molecular formula is C46H33N4OP. The van der Waals surface area contributed by atoms with E-state index in [2.05, 4.69) is 71.8 Å². The third kappa shape index (κ3) is 4.93. The van der Waals surface area contributed by atoms with Crippen LogP contribution in [0, 0.1) is 0 Å². The third-order valence-electron chi connectivity index (χ3n) is 9.78. The lowest BCUT2D eigenvalue weighted by Gasteiger charge is -2.18. The molecular weight excluding hydrogens is 656 g/mol. The van der Waals surface area contributed by atoms with Crippen LogP contribution in [-0.4, -0.2) is 19.5 Å². The number of rotatable bonds is 7. The summed E-state index contributed by atoms with van der Waals surface area (Å²) in [5, 5.41) is 3.34. The first-order valence-corrected chi connectivity index (χ1v) is 19.0. The molecule has 0 fully saturated rings. The molecule has 0 saturated carbocycles. The molecule has 1 unspecified atom stereocenters. The van der Waals surface area contributed by atoms with E-state index >= 15 is 4.57 Å². The molecule has 0 spiro atoms. The molecule has 0 aliphatic carbocycles. The highest BCUT2D eigenvalue weighted by Crippen LogP contribution is 2.54. The van der Waals surface area contributed by atoms with Crippen molar-refractivity contribution in [2.24, 2.45) is 0 Å². The summed E-state index contributed by atoms with van der Waals surface area (Å²) in [5.74, 6) is 1.52. The number of allylic oxidation sites excluding steroid dienone is 1. The number of aromatic nitrogens is 4. The molecule has 6 heteroatoms. The lowest BCUT2D eigenvalue weighted by molar-refractivity contribution is 0.593.